The van der Waals surface area contributed by atoms with Crippen LogP contribution in [0.5, 0.6) is 5.75 Å². The Bertz CT molecular complexity index is 1180. The number of anilines is 1. The van der Waals surface area contributed by atoms with E-state index in [0.717, 1.165) is 21.8 Å². The highest BCUT2D eigenvalue weighted by Gasteiger charge is 2.17. The van der Waals surface area contributed by atoms with Gasteiger partial charge in [0.05, 0.1) is 17.0 Å². The molecule has 33 heavy (non-hydrogen) atoms. The van der Waals surface area contributed by atoms with Crippen molar-refractivity contribution in [1.82, 2.24) is 0 Å². The lowest BCUT2D eigenvalue weighted by molar-refractivity contribution is -0.134. The van der Waals surface area contributed by atoms with Gasteiger partial charge in [-0.3, -0.25) is 4.79 Å². The Morgan fingerprint density at radius 3 is 2.27 bits per heavy atom. The molecule has 0 bridgehead atoms. The second-order valence-corrected chi connectivity index (χ2v) is 8.49. The van der Waals surface area contributed by atoms with E-state index in [1.54, 1.807) is 23.5 Å². The molecule has 0 saturated heterocycles. The topological polar surface area (TPSA) is 76.7 Å². The first-order valence-corrected chi connectivity index (χ1v) is 11.6. The number of hydrogen-bond donors (Lipinski definition) is 2. The normalized spacial score (nSPS) is 12.2. The second-order valence-electron chi connectivity index (χ2n) is 7.54. The molecule has 0 saturated carbocycles. The van der Waals surface area contributed by atoms with Crippen LogP contribution >= 0.6 is 11.3 Å². The number of hydrogen-bond acceptors (Lipinski definition) is 5. The van der Waals surface area contributed by atoms with Crippen LogP contribution in [-0.2, 0) is 11.2 Å². The molecule has 3 N–H and O–H groups in total. The van der Waals surface area contributed by atoms with Gasteiger partial charge in [0, 0.05) is 11.7 Å². The number of carbonyl (C=O) groups is 1. The fourth-order valence-corrected chi connectivity index (χ4v) is 4.04. The summed E-state index contributed by atoms with van der Waals surface area (Å²) in [6.07, 6.45) is 0.887. The first-order valence-electron chi connectivity index (χ1n) is 10.7. The van der Waals surface area contributed by atoms with Crippen LogP contribution in [0, 0.1) is 0 Å². The Morgan fingerprint density at radius 1 is 0.909 bits per heavy atom. The molecule has 0 aliphatic carbocycles. The van der Waals surface area contributed by atoms with E-state index < -0.39 is 0 Å². The van der Waals surface area contributed by atoms with Crippen molar-refractivity contribution in [3.8, 4) is 5.75 Å². The Labute approximate surface area is 197 Å². The fraction of sp³-hybridized carbons (Fsp3) is 0.111. The molecule has 1 aromatic heterocycles. The summed E-state index contributed by atoms with van der Waals surface area (Å²) >= 11 is 1.56. The van der Waals surface area contributed by atoms with Crippen LogP contribution in [-0.4, -0.2) is 17.8 Å². The van der Waals surface area contributed by atoms with E-state index in [2.05, 4.69) is 10.3 Å². The molecule has 1 heterocycles. The van der Waals surface area contributed by atoms with Crippen molar-refractivity contribution in [2.24, 2.45) is 10.7 Å². The molecular formula is C27H25N3O2S. The summed E-state index contributed by atoms with van der Waals surface area (Å²) in [5, 5.41) is 5.44. The number of nitrogens with two attached hydrogens (primary N) is 1. The van der Waals surface area contributed by atoms with Crippen LogP contribution in [0.4, 0.5) is 11.4 Å². The monoisotopic (exact) mass is 455 g/mol. The summed E-state index contributed by atoms with van der Waals surface area (Å²) in [4.78, 5) is 18.0. The number of para-hydroxylation sites is 2. The number of rotatable bonds is 9. The van der Waals surface area contributed by atoms with Crippen molar-refractivity contribution in [3.05, 3.63) is 113 Å². The molecule has 0 fully saturated rings. The van der Waals surface area contributed by atoms with E-state index in [9.17, 15) is 4.79 Å². The standard InChI is InChI=1S/C27H25N3O2S/c28-27(25-12-7-17-33-25)30-22-15-13-20(14-16-22)18-23(29-21-8-3-1-4-9-21)19-26(31)32-24-10-5-2-6-11-24/h1-17,23,29H,18-19H2,(H2,28,30). The minimum Gasteiger partial charge on any atom is -0.426 e. The third-order valence-corrected chi connectivity index (χ3v) is 5.87. The Balaban J connectivity index is 1.45. The largest absolute Gasteiger partial charge is 0.426 e. The van der Waals surface area contributed by atoms with Gasteiger partial charge in [0.2, 0.25) is 0 Å². The lowest BCUT2D eigenvalue weighted by Crippen LogP contribution is -2.27. The van der Waals surface area contributed by atoms with Gasteiger partial charge in [0.1, 0.15) is 11.6 Å². The van der Waals surface area contributed by atoms with Gasteiger partial charge in [0.15, 0.2) is 0 Å². The van der Waals surface area contributed by atoms with Gasteiger partial charge in [-0.15, -0.1) is 11.3 Å². The van der Waals surface area contributed by atoms with Gasteiger partial charge in [-0.1, -0.05) is 54.6 Å². The lowest BCUT2D eigenvalue weighted by atomic mass is 10.0. The minimum absolute atomic E-state index is 0.130. The summed E-state index contributed by atoms with van der Waals surface area (Å²) < 4.78 is 5.51. The van der Waals surface area contributed by atoms with E-state index in [-0.39, 0.29) is 18.4 Å². The third-order valence-electron chi connectivity index (χ3n) is 4.97. The van der Waals surface area contributed by atoms with Crippen molar-refractivity contribution >= 4 is 34.5 Å². The molecule has 4 rings (SSSR count). The predicted octanol–water partition coefficient (Wildman–Crippen LogP) is 5.80. The van der Waals surface area contributed by atoms with Crippen LogP contribution in [0.3, 0.4) is 0 Å². The van der Waals surface area contributed by atoms with E-state index in [1.165, 1.54) is 0 Å². The average molecular weight is 456 g/mol. The molecule has 3 aromatic carbocycles. The van der Waals surface area contributed by atoms with Gasteiger partial charge in [0.25, 0.3) is 0 Å². The SMILES string of the molecule is NC(=Nc1ccc(CC(CC(=O)Oc2ccccc2)Nc2ccccc2)cc1)c1cccs1. The van der Waals surface area contributed by atoms with Gasteiger partial charge in [-0.2, -0.15) is 0 Å². The summed E-state index contributed by atoms with van der Waals surface area (Å²) in [6, 6.07) is 30.7. The van der Waals surface area contributed by atoms with Crippen LogP contribution < -0.4 is 15.8 Å². The van der Waals surface area contributed by atoms with E-state index in [4.69, 9.17) is 10.5 Å². The zero-order chi connectivity index (χ0) is 22.9. The Kier molecular flexibility index (Phi) is 7.51. The van der Waals surface area contributed by atoms with E-state index >= 15 is 0 Å². The molecular weight excluding hydrogens is 430 g/mol. The number of nitrogens with one attached hydrogen (secondary N) is 1. The maximum atomic E-state index is 12.6. The lowest BCUT2D eigenvalue weighted by Gasteiger charge is -2.19. The van der Waals surface area contributed by atoms with E-state index in [0.29, 0.717) is 18.0 Å². The average Bonchev–Trinajstić information content (AvgIpc) is 3.37. The maximum Gasteiger partial charge on any atom is 0.313 e. The van der Waals surface area contributed by atoms with Gasteiger partial charge in [-0.25, -0.2) is 4.99 Å². The van der Waals surface area contributed by atoms with Crippen molar-refractivity contribution in [3.63, 3.8) is 0 Å². The number of benzene rings is 3. The highest BCUT2D eigenvalue weighted by molar-refractivity contribution is 7.12. The van der Waals surface area contributed by atoms with Crippen molar-refractivity contribution in [2.75, 3.05) is 5.32 Å². The van der Waals surface area contributed by atoms with Gasteiger partial charge in [-0.05, 0) is 59.8 Å². The number of esters is 1. The van der Waals surface area contributed by atoms with Crippen molar-refractivity contribution < 1.29 is 9.53 Å². The molecule has 1 atom stereocenters. The second kappa shape index (κ2) is 11.1. The number of aliphatic imine (C=N–C) groups is 1. The molecule has 0 radical (unpaired) electrons. The minimum atomic E-state index is -0.278. The first kappa shape index (κ1) is 22.3. The molecule has 4 aromatic rings. The maximum absolute atomic E-state index is 12.6. The third kappa shape index (κ3) is 6.79. The number of ether oxygens (including phenoxy) is 1. The van der Waals surface area contributed by atoms with E-state index in [1.807, 2.05) is 90.3 Å². The Morgan fingerprint density at radius 2 is 1.61 bits per heavy atom. The molecule has 0 spiro atoms. The van der Waals surface area contributed by atoms with Crippen molar-refractivity contribution in [2.45, 2.75) is 18.9 Å². The summed E-state index contributed by atoms with van der Waals surface area (Å²) in [6.45, 7) is 0. The van der Waals surface area contributed by atoms with Crippen LogP contribution in [0.15, 0.2) is 107 Å². The summed E-state index contributed by atoms with van der Waals surface area (Å²) in [5.41, 5.74) is 8.93. The Hall–Kier alpha value is -3.90. The van der Waals surface area contributed by atoms with Crippen LogP contribution in [0.1, 0.15) is 16.9 Å². The summed E-state index contributed by atoms with van der Waals surface area (Å²) in [7, 11) is 0. The van der Waals surface area contributed by atoms with Gasteiger partial charge >= 0.3 is 5.97 Å². The number of carbonyl (C=O) groups excluding carboxylic acids is 1. The molecule has 6 heteroatoms. The van der Waals surface area contributed by atoms with Crippen LogP contribution in [0.2, 0.25) is 0 Å². The molecule has 0 aliphatic heterocycles. The number of amidine groups is 1. The molecule has 0 amide bonds. The molecule has 5 nitrogen and oxygen atoms in total. The quantitative estimate of drug-likeness (QED) is 0.145. The highest BCUT2D eigenvalue weighted by Crippen LogP contribution is 2.20. The van der Waals surface area contributed by atoms with Crippen LogP contribution in [0.25, 0.3) is 0 Å². The zero-order valence-electron chi connectivity index (χ0n) is 18.1. The van der Waals surface area contributed by atoms with Gasteiger partial charge < -0.3 is 15.8 Å². The number of thiophene rings is 1. The molecule has 1 unspecified atom stereocenters. The zero-order valence-corrected chi connectivity index (χ0v) is 18.9. The number of nitrogens with zero attached hydrogens (tertiary/aromatic N) is 1. The summed E-state index contributed by atoms with van der Waals surface area (Å²) in [5.74, 6) is 0.774. The predicted molar refractivity (Wildman–Crippen MR) is 135 cm³/mol. The molecule has 166 valence electrons. The fourth-order valence-electron chi connectivity index (χ4n) is 3.42. The highest BCUT2D eigenvalue weighted by atomic mass is 32.1. The smallest absolute Gasteiger partial charge is 0.313 e. The molecule has 0 aliphatic rings. The van der Waals surface area contributed by atoms with Crippen molar-refractivity contribution in [1.29, 1.82) is 0 Å². The first-order chi connectivity index (χ1) is 16.2.